The lowest BCUT2D eigenvalue weighted by Crippen LogP contribution is -2.49. The molecule has 0 saturated carbocycles. The molecule has 0 spiro atoms. The summed E-state index contributed by atoms with van der Waals surface area (Å²) in [5.74, 6) is 0.221. The number of carbonyl (C=O) groups is 1. The van der Waals surface area contributed by atoms with Gasteiger partial charge in [0.15, 0.2) is 0 Å². The Kier molecular flexibility index (Phi) is 5.81. The van der Waals surface area contributed by atoms with Crippen molar-refractivity contribution in [1.82, 2.24) is 9.80 Å². The van der Waals surface area contributed by atoms with Crippen molar-refractivity contribution in [3.8, 4) is 11.8 Å². The van der Waals surface area contributed by atoms with Crippen molar-refractivity contribution in [2.45, 2.75) is 19.4 Å². The molecule has 3 aliphatic heterocycles. The van der Waals surface area contributed by atoms with Crippen molar-refractivity contribution in [3.63, 3.8) is 0 Å². The second-order valence-corrected chi connectivity index (χ2v) is 8.89. The lowest BCUT2D eigenvalue weighted by molar-refractivity contribution is 0.0535. The third-order valence-corrected chi connectivity index (χ3v) is 6.70. The summed E-state index contributed by atoms with van der Waals surface area (Å²) in [6.45, 7) is 6.84. The summed E-state index contributed by atoms with van der Waals surface area (Å²) in [5.41, 5.74) is 3.83. The highest BCUT2D eigenvalue weighted by molar-refractivity contribution is 5.93. The molecule has 1 fully saturated rings. The van der Waals surface area contributed by atoms with Gasteiger partial charge in [-0.05, 0) is 36.6 Å². The number of benzene rings is 2. The molecule has 0 aliphatic carbocycles. The molecular formula is C25H26FN3O3. The van der Waals surface area contributed by atoms with Crippen LogP contribution in [-0.4, -0.2) is 61.6 Å². The standard InChI is InChI=1S/C25H26FN3O3/c26-23-11-18(13-27)12-24-22(23)10-19(15-31-24)14-29-7-5-28(6-8-29)4-3-17-1-2-21-20(9-17)16-32-25(21)30/h1-2,9,11-12,19H,3-8,10,14-16H2. The minimum Gasteiger partial charge on any atom is -0.493 e. The summed E-state index contributed by atoms with van der Waals surface area (Å²) in [6, 6.07) is 10.9. The summed E-state index contributed by atoms with van der Waals surface area (Å²) in [4.78, 5) is 16.5. The highest BCUT2D eigenvalue weighted by Crippen LogP contribution is 2.31. The van der Waals surface area contributed by atoms with E-state index in [2.05, 4.69) is 15.9 Å². The summed E-state index contributed by atoms with van der Waals surface area (Å²) >= 11 is 0. The van der Waals surface area contributed by atoms with Crippen LogP contribution in [0.4, 0.5) is 4.39 Å². The number of rotatable bonds is 5. The lowest BCUT2D eigenvalue weighted by atomic mass is 9.94. The number of cyclic esters (lactones) is 1. The van der Waals surface area contributed by atoms with Gasteiger partial charge in [-0.25, -0.2) is 9.18 Å². The van der Waals surface area contributed by atoms with Crippen LogP contribution in [0.25, 0.3) is 0 Å². The molecule has 3 aliphatic rings. The third-order valence-electron chi connectivity index (χ3n) is 6.70. The normalized spacial score (nSPS) is 20.8. The molecule has 2 aromatic carbocycles. The van der Waals surface area contributed by atoms with Crippen LogP contribution in [0.15, 0.2) is 30.3 Å². The number of carbonyl (C=O) groups excluding carboxylic acids is 1. The Morgan fingerprint density at radius 2 is 1.91 bits per heavy atom. The molecule has 32 heavy (non-hydrogen) atoms. The van der Waals surface area contributed by atoms with Gasteiger partial charge in [0.25, 0.3) is 0 Å². The Balaban J connectivity index is 1.09. The molecule has 0 aromatic heterocycles. The largest absolute Gasteiger partial charge is 0.493 e. The van der Waals surface area contributed by atoms with Gasteiger partial charge in [-0.15, -0.1) is 0 Å². The van der Waals surface area contributed by atoms with E-state index < -0.39 is 0 Å². The van der Waals surface area contributed by atoms with Gasteiger partial charge in [-0.1, -0.05) is 12.1 Å². The molecule has 1 unspecified atom stereocenters. The molecule has 166 valence electrons. The second-order valence-electron chi connectivity index (χ2n) is 8.89. The molecule has 5 rings (SSSR count). The van der Waals surface area contributed by atoms with E-state index in [0.29, 0.717) is 42.1 Å². The molecule has 7 heteroatoms. The van der Waals surface area contributed by atoms with E-state index in [1.54, 1.807) is 6.07 Å². The lowest BCUT2D eigenvalue weighted by Gasteiger charge is -2.37. The van der Waals surface area contributed by atoms with E-state index in [-0.39, 0.29) is 17.7 Å². The highest BCUT2D eigenvalue weighted by atomic mass is 19.1. The van der Waals surface area contributed by atoms with Crippen LogP contribution >= 0.6 is 0 Å². The minimum atomic E-state index is -0.337. The van der Waals surface area contributed by atoms with E-state index in [0.717, 1.165) is 51.3 Å². The minimum absolute atomic E-state index is 0.218. The van der Waals surface area contributed by atoms with E-state index in [1.807, 2.05) is 18.2 Å². The molecule has 3 heterocycles. The molecule has 1 saturated heterocycles. The van der Waals surface area contributed by atoms with Gasteiger partial charge in [0.2, 0.25) is 0 Å². The average molecular weight is 435 g/mol. The van der Waals surface area contributed by atoms with Crippen molar-refractivity contribution in [1.29, 1.82) is 5.26 Å². The monoisotopic (exact) mass is 435 g/mol. The molecule has 0 amide bonds. The summed E-state index contributed by atoms with van der Waals surface area (Å²) < 4.78 is 25.2. The van der Waals surface area contributed by atoms with Crippen LogP contribution in [0.2, 0.25) is 0 Å². The fraction of sp³-hybridized carbons (Fsp3) is 0.440. The number of nitriles is 1. The number of ether oxygens (including phenoxy) is 2. The second kappa shape index (κ2) is 8.89. The van der Waals surface area contributed by atoms with Crippen molar-refractivity contribution in [2.75, 3.05) is 45.9 Å². The molecule has 0 bridgehead atoms. The first-order valence-electron chi connectivity index (χ1n) is 11.2. The molecule has 1 atom stereocenters. The van der Waals surface area contributed by atoms with Gasteiger partial charge in [0.1, 0.15) is 18.2 Å². The maximum absolute atomic E-state index is 14.4. The summed E-state index contributed by atoms with van der Waals surface area (Å²) in [6.07, 6.45) is 1.61. The van der Waals surface area contributed by atoms with Crippen LogP contribution in [0.1, 0.15) is 32.6 Å². The molecule has 6 nitrogen and oxygen atoms in total. The summed E-state index contributed by atoms with van der Waals surface area (Å²) in [5, 5.41) is 9.00. The number of hydrogen-bond acceptors (Lipinski definition) is 6. The molecular weight excluding hydrogens is 409 g/mol. The topological polar surface area (TPSA) is 65.8 Å². The fourth-order valence-electron chi connectivity index (χ4n) is 4.87. The Labute approximate surface area is 187 Å². The van der Waals surface area contributed by atoms with Crippen LogP contribution in [0.5, 0.6) is 5.75 Å². The Morgan fingerprint density at radius 1 is 1.09 bits per heavy atom. The van der Waals surface area contributed by atoms with E-state index >= 15 is 0 Å². The van der Waals surface area contributed by atoms with Crippen molar-refractivity contribution >= 4 is 5.97 Å². The first kappa shape index (κ1) is 20.9. The number of halogens is 1. The van der Waals surface area contributed by atoms with E-state index in [1.165, 1.54) is 11.6 Å². The molecule has 0 N–H and O–H groups in total. The van der Waals surface area contributed by atoms with Crippen molar-refractivity contribution in [3.05, 3.63) is 64.0 Å². The zero-order valence-electron chi connectivity index (χ0n) is 18.0. The van der Waals surface area contributed by atoms with Gasteiger partial charge < -0.3 is 19.3 Å². The Bertz CT molecular complexity index is 1070. The maximum atomic E-state index is 14.4. The Hall–Kier alpha value is -2.95. The molecule has 2 aromatic rings. The average Bonchev–Trinajstić information content (AvgIpc) is 3.19. The van der Waals surface area contributed by atoms with Gasteiger partial charge in [0, 0.05) is 56.3 Å². The van der Waals surface area contributed by atoms with Crippen LogP contribution in [0.3, 0.4) is 0 Å². The summed E-state index contributed by atoms with van der Waals surface area (Å²) in [7, 11) is 0. The van der Waals surface area contributed by atoms with Crippen molar-refractivity contribution < 1.29 is 18.7 Å². The number of fused-ring (bicyclic) bond motifs is 2. The Morgan fingerprint density at radius 3 is 2.72 bits per heavy atom. The number of piperazine rings is 1. The third kappa shape index (κ3) is 4.34. The number of esters is 1. The number of hydrogen-bond donors (Lipinski definition) is 0. The smallest absolute Gasteiger partial charge is 0.338 e. The first-order chi connectivity index (χ1) is 15.6. The zero-order chi connectivity index (χ0) is 22.1. The fourth-order valence-corrected chi connectivity index (χ4v) is 4.87. The van der Waals surface area contributed by atoms with Gasteiger partial charge in [0.05, 0.1) is 23.8 Å². The van der Waals surface area contributed by atoms with Gasteiger partial charge in [-0.2, -0.15) is 5.26 Å². The van der Waals surface area contributed by atoms with Crippen molar-refractivity contribution in [2.24, 2.45) is 5.92 Å². The zero-order valence-corrected chi connectivity index (χ0v) is 18.0. The SMILES string of the molecule is N#Cc1cc(F)c2c(c1)OCC(CN1CCN(CCc3ccc4c(c3)COC4=O)CC1)C2. The molecule has 0 radical (unpaired) electrons. The highest BCUT2D eigenvalue weighted by Gasteiger charge is 2.27. The van der Waals surface area contributed by atoms with Gasteiger partial charge >= 0.3 is 5.97 Å². The van der Waals surface area contributed by atoms with E-state index in [9.17, 15) is 9.18 Å². The maximum Gasteiger partial charge on any atom is 0.338 e. The van der Waals surface area contributed by atoms with Crippen LogP contribution < -0.4 is 4.74 Å². The quantitative estimate of drug-likeness (QED) is 0.673. The predicted octanol–water partition coefficient (Wildman–Crippen LogP) is 2.78. The van der Waals surface area contributed by atoms with Crippen LogP contribution in [0, 0.1) is 23.1 Å². The van der Waals surface area contributed by atoms with Gasteiger partial charge in [-0.3, -0.25) is 0 Å². The van der Waals surface area contributed by atoms with Crippen LogP contribution in [-0.2, 0) is 24.2 Å². The van der Waals surface area contributed by atoms with E-state index in [4.69, 9.17) is 14.7 Å². The predicted molar refractivity (Wildman–Crippen MR) is 116 cm³/mol. The number of nitrogens with zero attached hydrogens (tertiary/aromatic N) is 3. The first-order valence-corrected chi connectivity index (χ1v) is 11.2.